The van der Waals surface area contributed by atoms with Gasteiger partial charge in [0, 0.05) is 17.8 Å². The number of benzene rings is 1. The van der Waals surface area contributed by atoms with Gasteiger partial charge in [0.15, 0.2) is 0 Å². The molecule has 0 atom stereocenters. The molecule has 0 saturated carbocycles. The van der Waals surface area contributed by atoms with E-state index in [0.29, 0.717) is 11.3 Å². The predicted molar refractivity (Wildman–Crippen MR) is 64.8 cm³/mol. The van der Waals surface area contributed by atoms with Crippen LogP contribution in [-0.2, 0) is 9.59 Å². The molecule has 1 aromatic rings. The fourth-order valence-electron chi connectivity index (χ4n) is 1.28. The normalized spacial score (nSPS) is 11.0. The first-order valence-corrected chi connectivity index (χ1v) is 5.52. The lowest BCUT2D eigenvalue weighted by atomic mass is 10.1. The number of hydrogen-bond donors (Lipinski definition) is 2. The van der Waals surface area contributed by atoms with Gasteiger partial charge in [-0.2, -0.15) is 13.2 Å². The SMILES string of the molecule is CCC(=O)Nc1ccc(C)c(NC(=O)C(F)(F)F)c1. The number of anilines is 2. The van der Waals surface area contributed by atoms with Gasteiger partial charge >= 0.3 is 12.1 Å². The van der Waals surface area contributed by atoms with E-state index in [-0.39, 0.29) is 18.0 Å². The highest BCUT2D eigenvalue weighted by Gasteiger charge is 2.38. The quantitative estimate of drug-likeness (QED) is 0.890. The number of aryl methyl sites for hydroxylation is 1. The van der Waals surface area contributed by atoms with Crippen molar-refractivity contribution >= 4 is 23.2 Å². The molecule has 2 amide bonds. The third kappa shape index (κ3) is 4.27. The second-order valence-corrected chi connectivity index (χ2v) is 3.88. The molecule has 4 nitrogen and oxygen atoms in total. The molecular formula is C12H13F3N2O2. The Hall–Kier alpha value is -2.05. The second-order valence-electron chi connectivity index (χ2n) is 3.88. The van der Waals surface area contributed by atoms with E-state index < -0.39 is 12.1 Å². The van der Waals surface area contributed by atoms with Crippen LogP contribution in [0.2, 0.25) is 0 Å². The van der Waals surface area contributed by atoms with Gasteiger partial charge in [-0.05, 0) is 24.6 Å². The zero-order valence-corrected chi connectivity index (χ0v) is 10.4. The van der Waals surface area contributed by atoms with Gasteiger partial charge in [0.2, 0.25) is 5.91 Å². The van der Waals surface area contributed by atoms with Gasteiger partial charge in [-0.3, -0.25) is 9.59 Å². The van der Waals surface area contributed by atoms with Crippen molar-refractivity contribution in [1.82, 2.24) is 0 Å². The summed E-state index contributed by atoms with van der Waals surface area (Å²) in [6, 6.07) is 4.34. The molecule has 0 aromatic heterocycles. The van der Waals surface area contributed by atoms with Crippen LogP contribution in [-0.4, -0.2) is 18.0 Å². The number of alkyl halides is 3. The number of amides is 2. The van der Waals surface area contributed by atoms with Crippen molar-refractivity contribution in [2.75, 3.05) is 10.6 Å². The van der Waals surface area contributed by atoms with Crippen LogP contribution in [0.5, 0.6) is 0 Å². The Morgan fingerprint density at radius 3 is 2.37 bits per heavy atom. The second kappa shape index (κ2) is 5.73. The standard InChI is InChI=1S/C12H13F3N2O2/c1-3-10(18)16-8-5-4-7(2)9(6-8)17-11(19)12(13,14)15/h4-6H,3H2,1-2H3,(H,16,18)(H,17,19). The third-order valence-corrected chi connectivity index (χ3v) is 2.35. The third-order valence-electron chi connectivity index (χ3n) is 2.35. The lowest BCUT2D eigenvalue weighted by molar-refractivity contribution is -0.167. The van der Waals surface area contributed by atoms with Crippen LogP contribution >= 0.6 is 0 Å². The fraction of sp³-hybridized carbons (Fsp3) is 0.333. The molecule has 0 fully saturated rings. The van der Waals surface area contributed by atoms with Crippen LogP contribution in [0.25, 0.3) is 0 Å². The monoisotopic (exact) mass is 274 g/mol. The van der Waals surface area contributed by atoms with Crippen molar-refractivity contribution in [3.8, 4) is 0 Å². The van der Waals surface area contributed by atoms with Crippen molar-refractivity contribution in [2.45, 2.75) is 26.4 Å². The van der Waals surface area contributed by atoms with Crippen molar-refractivity contribution < 1.29 is 22.8 Å². The van der Waals surface area contributed by atoms with E-state index in [4.69, 9.17) is 0 Å². The Bertz CT molecular complexity index is 498. The molecule has 0 spiro atoms. The predicted octanol–water partition coefficient (Wildman–Crippen LogP) is 2.84. The van der Waals surface area contributed by atoms with Crippen molar-refractivity contribution in [1.29, 1.82) is 0 Å². The molecule has 1 aromatic carbocycles. The number of hydrogen-bond acceptors (Lipinski definition) is 2. The molecule has 7 heteroatoms. The molecule has 1 rings (SSSR count). The number of carbonyl (C=O) groups is 2. The molecule has 0 unspecified atom stereocenters. The highest BCUT2D eigenvalue weighted by Crippen LogP contribution is 2.23. The summed E-state index contributed by atoms with van der Waals surface area (Å²) in [6.07, 6.45) is -4.70. The Morgan fingerprint density at radius 1 is 1.21 bits per heavy atom. The first kappa shape index (κ1) is 15.0. The summed E-state index contributed by atoms with van der Waals surface area (Å²) in [4.78, 5) is 22.0. The maximum atomic E-state index is 12.1. The smallest absolute Gasteiger partial charge is 0.326 e. The number of carbonyl (C=O) groups excluding carboxylic acids is 2. The van der Waals surface area contributed by atoms with E-state index in [1.807, 2.05) is 0 Å². The molecular weight excluding hydrogens is 261 g/mol. The van der Waals surface area contributed by atoms with E-state index >= 15 is 0 Å². The highest BCUT2D eigenvalue weighted by molar-refractivity contribution is 5.97. The number of halogens is 3. The lowest BCUT2D eigenvalue weighted by Crippen LogP contribution is -2.30. The van der Waals surface area contributed by atoms with Gasteiger partial charge in [0.05, 0.1) is 0 Å². The van der Waals surface area contributed by atoms with Crippen LogP contribution < -0.4 is 10.6 Å². The molecule has 0 saturated heterocycles. The zero-order valence-electron chi connectivity index (χ0n) is 10.4. The zero-order chi connectivity index (χ0) is 14.6. The maximum absolute atomic E-state index is 12.1. The van der Waals surface area contributed by atoms with Crippen LogP contribution in [0, 0.1) is 6.92 Å². The minimum absolute atomic E-state index is 0.0104. The van der Waals surface area contributed by atoms with Gasteiger partial charge < -0.3 is 10.6 Å². The van der Waals surface area contributed by atoms with E-state index in [2.05, 4.69) is 5.32 Å². The summed E-state index contributed by atoms with van der Waals surface area (Å²) in [5.74, 6) is -2.31. The molecule has 0 aliphatic heterocycles. The average Bonchev–Trinajstić information content (AvgIpc) is 2.32. The Balaban J connectivity index is 2.92. The lowest BCUT2D eigenvalue weighted by Gasteiger charge is -2.12. The largest absolute Gasteiger partial charge is 0.471 e. The van der Waals surface area contributed by atoms with Gasteiger partial charge in [-0.15, -0.1) is 0 Å². The average molecular weight is 274 g/mol. The molecule has 19 heavy (non-hydrogen) atoms. The Morgan fingerprint density at radius 2 is 1.84 bits per heavy atom. The molecule has 2 N–H and O–H groups in total. The molecule has 0 heterocycles. The van der Waals surface area contributed by atoms with Crippen molar-refractivity contribution in [3.05, 3.63) is 23.8 Å². The molecule has 104 valence electrons. The fourth-order valence-corrected chi connectivity index (χ4v) is 1.28. The highest BCUT2D eigenvalue weighted by atomic mass is 19.4. The van der Waals surface area contributed by atoms with Gasteiger partial charge in [-0.25, -0.2) is 0 Å². The summed E-state index contributed by atoms with van der Waals surface area (Å²) < 4.78 is 36.4. The van der Waals surface area contributed by atoms with Gasteiger partial charge in [-0.1, -0.05) is 13.0 Å². The molecule has 0 aliphatic carbocycles. The first-order valence-electron chi connectivity index (χ1n) is 5.52. The summed E-state index contributed by atoms with van der Waals surface area (Å²) in [7, 11) is 0. The summed E-state index contributed by atoms with van der Waals surface area (Å²) >= 11 is 0. The topological polar surface area (TPSA) is 58.2 Å². The van der Waals surface area contributed by atoms with Crippen LogP contribution in [0.3, 0.4) is 0 Å². The minimum Gasteiger partial charge on any atom is -0.326 e. The van der Waals surface area contributed by atoms with Crippen molar-refractivity contribution in [3.63, 3.8) is 0 Å². The van der Waals surface area contributed by atoms with Gasteiger partial charge in [0.1, 0.15) is 0 Å². The Kier molecular flexibility index (Phi) is 4.52. The first-order chi connectivity index (χ1) is 8.74. The van der Waals surface area contributed by atoms with E-state index in [9.17, 15) is 22.8 Å². The maximum Gasteiger partial charge on any atom is 0.471 e. The Labute approximate surface area is 108 Å². The van der Waals surface area contributed by atoms with Crippen molar-refractivity contribution in [2.24, 2.45) is 0 Å². The van der Waals surface area contributed by atoms with E-state index in [1.54, 1.807) is 25.2 Å². The number of rotatable bonds is 3. The summed E-state index contributed by atoms with van der Waals surface area (Å²) in [5.41, 5.74) is 0.804. The van der Waals surface area contributed by atoms with Crippen LogP contribution in [0.1, 0.15) is 18.9 Å². The van der Waals surface area contributed by atoms with E-state index in [0.717, 1.165) is 0 Å². The summed E-state index contributed by atoms with van der Waals surface area (Å²) in [6.45, 7) is 3.20. The molecule has 0 aliphatic rings. The van der Waals surface area contributed by atoms with E-state index in [1.165, 1.54) is 12.1 Å². The van der Waals surface area contributed by atoms with Crippen LogP contribution in [0.4, 0.5) is 24.5 Å². The molecule has 0 bridgehead atoms. The molecule has 0 radical (unpaired) electrons. The minimum atomic E-state index is -4.95. The van der Waals surface area contributed by atoms with Gasteiger partial charge in [0.25, 0.3) is 0 Å². The summed E-state index contributed by atoms with van der Waals surface area (Å²) in [5, 5.41) is 4.27. The number of nitrogens with one attached hydrogen (secondary N) is 2. The van der Waals surface area contributed by atoms with Crippen LogP contribution in [0.15, 0.2) is 18.2 Å².